The van der Waals surface area contributed by atoms with Gasteiger partial charge < -0.3 is 0 Å². The normalized spacial score (nSPS) is 12.0. The molecule has 0 spiro atoms. The maximum Gasteiger partial charge on any atom is 0.159 e. The zero-order valence-corrected chi connectivity index (χ0v) is 10.5. The predicted octanol–water partition coefficient (Wildman–Crippen LogP) is 4.45. The van der Waals surface area contributed by atoms with Crippen molar-refractivity contribution in [2.45, 2.75) is 33.6 Å². The van der Waals surface area contributed by atoms with Crippen LogP contribution in [-0.4, -0.2) is 17.8 Å². The molecule has 0 fully saturated rings. The fourth-order valence-electron chi connectivity index (χ4n) is 0.991. The Morgan fingerprint density at radius 2 is 1.92 bits per heavy atom. The number of unbranched alkanes of at least 4 members (excludes halogenated alkanes) is 1. The lowest BCUT2D eigenvalue weighted by molar-refractivity contribution is 0.394. The van der Waals surface area contributed by atoms with E-state index < -0.39 is 6.78 Å². The monoisotopic (exact) mass is 229 g/mol. The minimum atomic E-state index is -0.930. The highest BCUT2D eigenvalue weighted by molar-refractivity contribution is 8.02. The van der Waals surface area contributed by atoms with Crippen LogP contribution in [0, 0.1) is 5.92 Å². The van der Waals surface area contributed by atoms with Gasteiger partial charge in [-0.15, -0.1) is 0 Å². The Balaban J connectivity index is 3.70. The Kier molecular flexibility index (Phi) is 7.98. The van der Waals surface area contributed by atoms with E-state index in [4.69, 9.17) is 22.5 Å². The van der Waals surface area contributed by atoms with Gasteiger partial charge in [-0.25, -0.2) is 0 Å². The average molecular weight is 230 g/mol. The second-order valence-electron chi connectivity index (χ2n) is 3.38. The van der Waals surface area contributed by atoms with E-state index in [0.29, 0.717) is 5.92 Å². The topological polar surface area (TPSA) is 3.24 Å². The Morgan fingerprint density at radius 3 is 2.25 bits per heavy atom. The molecule has 0 aliphatic carbocycles. The predicted molar refractivity (Wildman–Crippen MR) is 59.9 cm³/mol. The van der Waals surface area contributed by atoms with Crippen LogP contribution in [0.4, 0.5) is 0 Å². The van der Waals surface area contributed by atoms with Crippen LogP contribution in [0.5, 0.6) is 0 Å². The van der Waals surface area contributed by atoms with Crippen molar-refractivity contribution in [1.29, 1.82) is 0 Å². The van der Waals surface area contributed by atoms with Crippen LogP contribution in [0.15, 0.2) is 0 Å². The molecule has 0 heterocycles. The molecule has 0 aromatic heterocycles. The van der Waals surface area contributed by atoms with Crippen LogP contribution in [0.2, 0.25) is 0 Å². The number of halogens is 2. The summed E-state index contributed by atoms with van der Waals surface area (Å²) in [7, 11) is 0. The number of rotatable bonds is 6. The average Bonchev–Trinajstić information content (AvgIpc) is 1.96. The van der Waals surface area contributed by atoms with Crippen LogP contribution in [0.25, 0.3) is 0 Å². The van der Waals surface area contributed by atoms with Gasteiger partial charge in [-0.05, 0) is 12.3 Å². The van der Waals surface area contributed by atoms with E-state index in [1.165, 1.54) is 12.8 Å². The third-order valence-corrected chi connectivity index (χ3v) is 3.63. The molecule has 0 saturated heterocycles. The zero-order valence-electron chi connectivity index (χ0n) is 8.06. The molecule has 4 heteroatoms. The van der Waals surface area contributed by atoms with E-state index in [1.54, 1.807) is 0 Å². The van der Waals surface area contributed by atoms with E-state index >= 15 is 0 Å². The van der Waals surface area contributed by atoms with Crippen molar-refractivity contribution in [2.24, 2.45) is 5.92 Å². The molecule has 0 saturated carbocycles. The molecule has 12 heavy (non-hydrogen) atoms. The Bertz CT molecular complexity index is 109. The van der Waals surface area contributed by atoms with Gasteiger partial charge in [-0.1, -0.05) is 49.7 Å². The first-order chi connectivity index (χ1) is 5.57. The lowest BCUT2D eigenvalue weighted by Crippen LogP contribution is -2.21. The maximum atomic E-state index is 5.88. The third kappa shape index (κ3) is 6.48. The first-order valence-electron chi connectivity index (χ1n) is 4.44. The van der Waals surface area contributed by atoms with Gasteiger partial charge in [0.2, 0.25) is 0 Å². The van der Waals surface area contributed by atoms with Gasteiger partial charge >= 0.3 is 0 Å². The summed E-state index contributed by atoms with van der Waals surface area (Å²) < 4.78 is 2.17. The van der Waals surface area contributed by atoms with Crippen LogP contribution >= 0.6 is 29.3 Å². The van der Waals surface area contributed by atoms with Crippen molar-refractivity contribution in [3.63, 3.8) is 0 Å². The molecule has 74 valence electrons. The highest BCUT2D eigenvalue weighted by atomic mass is 35.9. The van der Waals surface area contributed by atoms with Crippen molar-refractivity contribution < 1.29 is 0 Å². The molecule has 0 atom stereocenters. The summed E-state index contributed by atoms with van der Waals surface area (Å²) in [5.41, 5.74) is 0. The van der Waals surface area contributed by atoms with Gasteiger partial charge in [0, 0.05) is 13.1 Å². The van der Waals surface area contributed by atoms with Crippen LogP contribution < -0.4 is 0 Å². The minimum absolute atomic E-state index is 0.643. The van der Waals surface area contributed by atoms with Gasteiger partial charge in [-0.2, -0.15) is 0 Å². The Hall–Kier alpha value is 0.970. The standard InChI is InChI=1S/C8H18Cl2NP/c1-4-5-6-11(12(9)10)7-8(2)3/h8H,4-7H2,1-3H3. The SMILES string of the molecule is CCCCN(CC(C)C)P(Cl)Cl. The molecule has 0 aromatic rings. The van der Waals surface area contributed by atoms with Gasteiger partial charge in [0.15, 0.2) is 6.78 Å². The number of hydrogen-bond acceptors (Lipinski definition) is 1. The summed E-state index contributed by atoms with van der Waals surface area (Å²) in [6.45, 7) is 7.67. The maximum absolute atomic E-state index is 5.88. The largest absolute Gasteiger partial charge is 0.257 e. The van der Waals surface area contributed by atoms with E-state index in [1.807, 2.05) is 0 Å². The summed E-state index contributed by atoms with van der Waals surface area (Å²) in [5.74, 6) is 0.643. The lowest BCUT2D eigenvalue weighted by atomic mass is 10.2. The van der Waals surface area contributed by atoms with Gasteiger partial charge in [0.1, 0.15) is 0 Å². The van der Waals surface area contributed by atoms with E-state index in [9.17, 15) is 0 Å². The summed E-state index contributed by atoms with van der Waals surface area (Å²) in [6.07, 6.45) is 2.39. The summed E-state index contributed by atoms with van der Waals surface area (Å²) in [6, 6.07) is 0. The Morgan fingerprint density at radius 1 is 1.33 bits per heavy atom. The molecule has 0 radical (unpaired) electrons. The molecule has 0 aliphatic rings. The van der Waals surface area contributed by atoms with Crippen molar-refractivity contribution in [1.82, 2.24) is 4.67 Å². The minimum Gasteiger partial charge on any atom is -0.257 e. The smallest absolute Gasteiger partial charge is 0.159 e. The van der Waals surface area contributed by atoms with E-state index in [0.717, 1.165) is 13.1 Å². The molecule has 0 amide bonds. The fraction of sp³-hybridized carbons (Fsp3) is 1.00. The molecule has 0 rings (SSSR count). The quantitative estimate of drug-likeness (QED) is 0.609. The van der Waals surface area contributed by atoms with Crippen molar-refractivity contribution >= 4 is 29.3 Å². The fourth-order valence-corrected chi connectivity index (χ4v) is 2.56. The van der Waals surface area contributed by atoms with E-state index in [-0.39, 0.29) is 0 Å². The highest BCUT2D eigenvalue weighted by Gasteiger charge is 2.13. The summed E-state index contributed by atoms with van der Waals surface area (Å²) in [5, 5.41) is 0. The highest BCUT2D eigenvalue weighted by Crippen LogP contribution is 2.50. The molecule has 0 N–H and O–H groups in total. The van der Waals surface area contributed by atoms with Crippen molar-refractivity contribution in [2.75, 3.05) is 13.1 Å². The lowest BCUT2D eigenvalue weighted by Gasteiger charge is -2.23. The zero-order chi connectivity index (χ0) is 9.56. The summed E-state index contributed by atoms with van der Waals surface area (Å²) >= 11 is 11.8. The molecule has 1 nitrogen and oxygen atoms in total. The summed E-state index contributed by atoms with van der Waals surface area (Å²) in [4.78, 5) is 0. The first-order valence-corrected chi connectivity index (χ1v) is 7.55. The second kappa shape index (κ2) is 7.38. The van der Waals surface area contributed by atoms with Gasteiger partial charge in [0.05, 0.1) is 0 Å². The molecule has 0 unspecified atom stereocenters. The molecular weight excluding hydrogens is 212 g/mol. The van der Waals surface area contributed by atoms with Gasteiger partial charge in [0.25, 0.3) is 0 Å². The molecule has 0 aliphatic heterocycles. The Labute approximate surface area is 86.8 Å². The third-order valence-electron chi connectivity index (χ3n) is 1.56. The second-order valence-corrected chi connectivity index (χ2v) is 6.81. The van der Waals surface area contributed by atoms with Crippen molar-refractivity contribution in [3.8, 4) is 0 Å². The first kappa shape index (κ1) is 13.0. The molecule has 0 aromatic carbocycles. The van der Waals surface area contributed by atoms with E-state index in [2.05, 4.69) is 25.4 Å². The van der Waals surface area contributed by atoms with Crippen LogP contribution in [0.1, 0.15) is 33.6 Å². The molecular formula is C8H18Cl2NP. The van der Waals surface area contributed by atoms with Crippen molar-refractivity contribution in [3.05, 3.63) is 0 Å². The van der Waals surface area contributed by atoms with Gasteiger partial charge in [-0.3, -0.25) is 4.67 Å². The number of nitrogens with zero attached hydrogens (tertiary/aromatic N) is 1. The number of hydrogen-bond donors (Lipinski definition) is 0. The van der Waals surface area contributed by atoms with Crippen LogP contribution in [0.3, 0.4) is 0 Å². The van der Waals surface area contributed by atoms with Crippen LogP contribution in [-0.2, 0) is 0 Å². The molecule has 0 bridgehead atoms.